The van der Waals surface area contributed by atoms with Gasteiger partial charge in [-0.3, -0.25) is 9.89 Å². The predicted molar refractivity (Wildman–Crippen MR) is 116 cm³/mol. The summed E-state index contributed by atoms with van der Waals surface area (Å²) in [6.45, 7) is 7.78. The molecule has 1 aliphatic carbocycles. The van der Waals surface area contributed by atoms with E-state index in [1.165, 1.54) is 49.9 Å². The van der Waals surface area contributed by atoms with Crippen molar-refractivity contribution in [3.63, 3.8) is 0 Å². The van der Waals surface area contributed by atoms with E-state index in [1.54, 1.807) is 0 Å². The van der Waals surface area contributed by atoms with Crippen LogP contribution in [0.3, 0.4) is 0 Å². The molecule has 25 heavy (non-hydrogen) atoms. The van der Waals surface area contributed by atoms with Crippen LogP contribution < -0.4 is 10.6 Å². The van der Waals surface area contributed by atoms with Crippen LogP contribution in [0.25, 0.3) is 0 Å². The molecule has 0 amide bonds. The van der Waals surface area contributed by atoms with Crippen LogP contribution in [0.15, 0.2) is 29.3 Å². The van der Waals surface area contributed by atoms with Crippen LogP contribution in [0.4, 0.5) is 0 Å². The molecule has 1 atom stereocenters. The van der Waals surface area contributed by atoms with E-state index < -0.39 is 0 Å². The van der Waals surface area contributed by atoms with Gasteiger partial charge < -0.3 is 10.6 Å². The van der Waals surface area contributed by atoms with Crippen molar-refractivity contribution in [2.45, 2.75) is 45.7 Å². The first-order valence-corrected chi connectivity index (χ1v) is 9.48. The maximum absolute atomic E-state index is 4.34. The highest BCUT2D eigenvalue weighted by molar-refractivity contribution is 14.0. The highest BCUT2D eigenvalue weighted by Gasteiger charge is 2.21. The number of halogens is 1. The van der Waals surface area contributed by atoms with Gasteiger partial charge in [-0.25, -0.2) is 0 Å². The van der Waals surface area contributed by atoms with Crippen LogP contribution in [-0.2, 0) is 13.1 Å². The lowest BCUT2D eigenvalue weighted by molar-refractivity contribution is 0.176. The molecule has 1 saturated heterocycles. The minimum atomic E-state index is 0. The fourth-order valence-electron chi connectivity index (χ4n) is 3.52. The number of nitrogens with one attached hydrogen (secondary N) is 2. The molecular weight excluding hydrogens is 423 g/mol. The summed E-state index contributed by atoms with van der Waals surface area (Å²) in [6, 6.07) is 8.81. The Hall–Kier alpha value is -0.820. The number of guanidine groups is 1. The molecule has 3 rings (SSSR count). The molecule has 1 aromatic carbocycles. The van der Waals surface area contributed by atoms with E-state index in [4.69, 9.17) is 0 Å². The molecule has 1 aromatic rings. The molecule has 140 valence electrons. The molecule has 0 bridgehead atoms. The lowest BCUT2D eigenvalue weighted by Gasteiger charge is -2.31. The van der Waals surface area contributed by atoms with E-state index in [0.717, 1.165) is 37.4 Å². The Morgan fingerprint density at radius 1 is 1.16 bits per heavy atom. The zero-order chi connectivity index (χ0) is 16.8. The Morgan fingerprint density at radius 3 is 2.60 bits per heavy atom. The van der Waals surface area contributed by atoms with Crippen molar-refractivity contribution in [1.82, 2.24) is 15.5 Å². The predicted octanol–water partition coefficient (Wildman–Crippen LogP) is 3.61. The van der Waals surface area contributed by atoms with Crippen LogP contribution in [0.5, 0.6) is 0 Å². The molecule has 2 fully saturated rings. The molecule has 1 heterocycles. The average Bonchev–Trinajstić information content (AvgIpc) is 3.41. The Labute approximate surface area is 169 Å². The van der Waals surface area contributed by atoms with Gasteiger partial charge in [0.1, 0.15) is 0 Å². The van der Waals surface area contributed by atoms with Gasteiger partial charge in [-0.05, 0) is 55.2 Å². The lowest BCUT2D eigenvalue weighted by atomic mass is 9.99. The Bertz CT molecular complexity index is 556. The molecule has 1 aliphatic heterocycles. The number of aliphatic imine (C=N–C) groups is 1. The van der Waals surface area contributed by atoms with E-state index in [2.05, 4.69) is 51.7 Å². The van der Waals surface area contributed by atoms with Gasteiger partial charge in [0.05, 0.1) is 0 Å². The molecule has 2 N–H and O–H groups in total. The van der Waals surface area contributed by atoms with Crippen LogP contribution in [0, 0.1) is 11.8 Å². The number of piperidine rings is 1. The van der Waals surface area contributed by atoms with Crippen molar-refractivity contribution in [2.75, 3.05) is 26.7 Å². The Kier molecular flexibility index (Phi) is 8.49. The van der Waals surface area contributed by atoms with Gasteiger partial charge in [-0.1, -0.05) is 31.2 Å². The molecule has 1 saturated carbocycles. The topological polar surface area (TPSA) is 39.7 Å². The van der Waals surface area contributed by atoms with E-state index in [9.17, 15) is 0 Å². The number of rotatable bonds is 6. The maximum Gasteiger partial charge on any atom is 0.191 e. The van der Waals surface area contributed by atoms with E-state index >= 15 is 0 Å². The average molecular weight is 456 g/mol. The second-order valence-corrected chi connectivity index (χ2v) is 7.50. The molecule has 0 aromatic heterocycles. The van der Waals surface area contributed by atoms with Gasteiger partial charge in [-0.2, -0.15) is 0 Å². The van der Waals surface area contributed by atoms with Gasteiger partial charge in [0, 0.05) is 33.2 Å². The largest absolute Gasteiger partial charge is 0.356 e. The summed E-state index contributed by atoms with van der Waals surface area (Å²) in [7, 11) is 1.85. The zero-order valence-corrected chi connectivity index (χ0v) is 18.0. The summed E-state index contributed by atoms with van der Waals surface area (Å²) in [6.07, 6.45) is 5.43. The summed E-state index contributed by atoms with van der Waals surface area (Å²) in [5.41, 5.74) is 2.82. The maximum atomic E-state index is 4.34. The summed E-state index contributed by atoms with van der Waals surface area (Å²) in [4.78, 5) is 6.95. The highest BCUT2D eigenvalue weighted by Crippen LogP contribution is 2.27. The summed E-state index contributed by atoms with van der Waals surface area (Å²) in [5.74, 6) is 2.61. The first-order valence-electron chi connectivity index (χ1n) is 9.48. The Balaban J connectivity index is 0.00000225. The third-order valence-electron chi connectivity index (χ3n) is 5.18. The van der Waals surface area contributed by atoms with Gasteiger partial charge in [0.2, 0.25) is 0 Å². The van der Waals surface area contributed by atoms with Crippen LogP contribution in [0.2, 0.25) is 0 Å². The fourth-order valence-corrected chi connectivity index (χ4v) is 3.52. The minimum absolute atomic E-state index is 0. The first-order chi connectivity index (χ1) is 11.7. The van der Waals surface area contributed by atoms with Crippen molar-refractivity contribution < 1.29 is 0 Å². The highest BCUT2D eigenvalue weighted by atomic mass is 127. The second kappa shape index (κ2) is 10.4. The van der Waals surface area contributed by atoms with E-state index in [1.807, 2.05) is 7.05 Å². The van der Waals surface area contributed by atoms with Gasteiger partial charge in [0.15, 0.2) is 5.96 Å². The minimum Gasteiger partial charge on any atom is -0.356 e. The van der Waals surface area contributed by atoms with Crippen LogP contribution in [-0.4, -0.2) is 37.5 Å². The van der Waals surface area contributed by atoms with Crippen molar-refractivity contribution in [2.24, 2.45) is 16.8 Å². The molecule has 5 heteroatoms. The smallest absolute Gasteiger partial charge is 0.191 e. The fraction of sp³-hybridized carbons (Fsp3) is 0.650. The van der Waals surface area contributed by atoms with E-state index in [-0.39, 0.29) is 24.0 Å². The molecule has 0 radical (unpaired) electrons. The van der Waals surface area contributed by atoms with Crippen LogP contribution >= 0.6 is 24.0 Å². The SMILES string of the molecule is CN=C(NCc1ccccc1CN1CCCC(C)C1)NCC1CC1.I. The summed E-state index contributed by atoms with van der Waals surface area (Å²) < 4.78 is 0. The number of benzene rings is 1. The quantitative estimate of drug-likeness (QED) is 0.391. The number of hydrogen-bond donors (Lipinski definition) is 2. The molecule has 2 aliphatic rings. The van der Waals surface area contributed by atoms with Gasteiger partial charge in [-0.15, -0.1) is 24.0 Å². The second-order valence-electron chi connectivity index (χ2n) is 7.50. The lowest BCUT2D eigenvalue weighted by Crippen LogP contribution is -2.38. The first kappa shape index (κ1) is 20.5. The van der Waals surface area contributed by atoms with Gasteiger partial charge >= 0.3 is 0 Å². The number of nitrogens with zero attached hydrogens (tertiary/aromatic N) is 2. The van der Waals surface area contributed by atoms with Crippen molar-refractivity contribution in [3.8, 4) is 0 Å². The standard InChI is InChI=1S/C20H32N4.HI/c1-16-6-5-11-24(14-16)15-19-8-4-3-7-18(19)13-23-20(21-2)22-12-17-9-10-17;/h3-4,7-8,16-17H,5-6,9-15H2,1-2H3,(H2,21,22,23);1H. The zero-order valence-electron chi connectivity index (χ0n) is 15.6. The number of hydrogen-bond acceptors (Lipinski definition) is 2. The third kappa shape index (κ3) is 6.77. The van der Waals surface area contributed by atoms with Crippen molar-refractivity contribution >= 4 is 29.9 Å². The summed E-state index contributed by atoms with van der Waals surface area (Å²) in [5, 5.41) is 6.91. The van der Waals surface area contributed by atoms with Gasteiger partial charge in [0.25, 0.3) is 0 Å². The molecule has 0 spiro atoms. The third-order valence-corrected chi connectivity index (χ3v) is 5.18. The Morgan fingerprint density at radius 2 is 1.92 bits per heavy atom. The molecular formula is C20H33IN4. The summed E-state index contributed by atoms with van der Waals surface area (Å²) >= 11 is 0. The van der Waals surface area contributed by atoms with Crippen molar-refractivity contribution in [3.05, 3.63) is 35.4 Å². The van der Waals surface area contributed by atoms with E-state index in [0.29, 0.717) is 0 Å². The normalized spacial score (nSPS) is 21.5. The van der Waals surface area contributed by atoms with Crippen molar-refractivity contribution in [1.29, 1.82) is 0 Å². The van der Waals surface area contributed by atoms with Crippen LogP contribution in [0.1, 0.15) is 43.7 Å². The number of likely N-dealkylation sites (tertiary alicyclic amines) is 1. The molecule has 4 nitrogen and oxygen atoms in total. The molecule has 1 unspecified atom stereocenters. The monoisotopic (exact) mass is 456 g/mol.